The molecule has 0 aliphatic carbocycles. The highest BCUT2D eigenvalue weighted by Crippen LogP contribution is 2.36. The maximum Gasteiger partial charge on any atom is 0.170 e. The van der Waals surface area contributed by atoms with Crippen LogP contribution in [-0.4, -0.2) is 10.9 Å². The molecule has 0 amide bonds. The van der Waals surface area contributed by atoms with Gasteiger partial charge in [0, 0.05) is 0 Å². The van der Waals surface area contributed by atoms with E-state index in [2.05, 4.69) is 0 Å². The molecule has 0 saturated heterocycles. The van der Waals surface area contributed by atoms with Crippen LogP contribution in [0.15, 0.2) is 42.5 Å². The number of hydrogen-bond donors (Lipinski definition) is 1. The lowest BCUT2D eigenvalue weighted by molar-refractivity contribution is 0.0849. The average molecular weight is 254 g/mol. The minimum Gasteiger partial charge on any atom is -0.508 e. The van der Waals surface area contributed by atoms with Crippen LogP contribution in [0.25, 0.3) is 0 Å². The molecule has 0 spiro atoms. The normalized spacial score (nSPS) is 17.7. The summed E-state index contributed by atoms with van der Waals surface area (Å²) in [5, 5.41) is 9.41. The number of ether oxygens (including phenoxy) is 1. The zero-order valence-electron chi connectivity index (χ0n) is 10.6. The number of phenolic OH excluding ortho intramolecular Hbond substituents is 1. The van der Waals surface area contributed by atoms with Crippen LogP contribution in [-0.2, 0) is 0 Å². The summed E-state index contributed by atoms with van der Waals surface area (Å²) in [5.74, 6) is 0.631. The Kier molecular flexibility index (Phi) is 2.75. The predicted octanol–water partition coefficient (Wildman–Crippen LogP) is 3.41. The standard InChI is InChI=1S/C16H14O3/c1-10-2-4-11(5-3-10)16-9-14(18)13-8-12(17)6-7-15(13)19-16/h2-8,16-17H,9H2,1H3/t16-/m1/s1. The highest BCUT2D eigenvalue weighted by atomic mass is 16.5. The lowest BCUT2D eigenvalue weighted by atomic mass is 9.96. The SMILES string of the molecule is Cc1ccc([C@H]2CC(=O)c3cc(O)ccc3O2)cc1. The van der Waals surface area contributed by atoms with Gasteiger partial charge in [0.1, 0.15) is 17.6 Å². The summed E-state index contributed by atoms with van der Waals surface area (Å²) in [5.41, 5.74) is 2.64. The number of phenols is 1. The Labute approximate surface area is 111 Å². The van der Waals surface area contributed by atoms with Crippen molar-refractivity contribution in [3.63, 3.8) is 0 Å². The fourth-order valence-electron chi connectivity index (χ4n) is 2.28. The summed E-state index contributed by atoms with van der Waals surface area (Å²) in [7, 11) is 0. The third-order valence-corrected chi connectivity index (χ3v) is 3.35. The van der Waals surface area contributed by atoms with Gasteiger partial charge in [0.05, 0.1) is 12.0 Å². The van der Waals surface area contributed by atoms with E-state index in [4.69, 9.17) is 4.74 Å². The Bertz CT molecular complexity index is 629. The molecule has 3 rings (SSSR count). The van der Waals surface area contributed by atoms with Gasteiger partial charge in [-0.15, -0.1) is 0 Å². The third kappa shape index (κ3) is 2.19. The number of benzene rings is 2. The number of hydrogen-bond acceptors (Lipinski definition) is 3. The molecule has 96 valence electrons. The molecule has 0 bridgehead atoms. The van der Waals surface area contributed by atoms with Crippen LogP contribution in [0.2, 0.25) is 0 Å². The van der Waals surface area contributed by atoms with E-state index in [1.807, 2.05) is 31.2 Å². The fraction of sp³-hybridized carbons (Fsp3) is 0.188. The van der Waals surface area contributed by atoms with Gasteiger partial charge in [-0.2, -0.15) is 0 Å². The highest BCUT2D eigenvalue weighted by molar-refractivity contribution is 6.00. The van der Waals surface area contributed by atoms with Gasteiger partial charge in [-0.25, -0.2) is 0 Å². The molecular formula is C16H14O3. The quantitative estimate of drug-likeness (QED) is 0.848. The molecule has 1 aliphatic heterocycles. The summed E-state index contributed by atoms with van der Waals surface area (Å²) in [4.78, 5) is 12.1. The smallest absolute Gasteiger partial charge is 0.170 e. The van der Waals surface area contributed by atoms with Crippen molar-refractivity contribution in [1.29, 1.82) is 0 Å². The Balaban J connectivity index is 1.95. The lowest BCUT2D eigenvalue weighted by Gasteiger charge is -2.25. The van der Waals surface area contributed by atoms with Crippen molar-refractivity contribution in [2.24, 2.45) is 0 Å². The molecule has 2 aromatic rings. The predicted molar refractivity (Wildman–Crippen MR) is 71.6 cm³/mol. The number of carbonyl (C=O) groups is 1. The Morgan fingerprint density at radius 1 is 1.16 bits per heavy atom. The number of fused-ring (bicyclic) bond motifs is 1. The highest BCUT2D eigenvalue weighted by Gasteiger charge is 2.27. The zero-order chi connectivity index (χ0) is 13.4. The molecule has 0 radical (unpaired) electrons. The Morgan fingerprint density at radius 3 is 2.63 bits per heavy atom. The first kappa shape index (κ1) is 11.8. The van der Waals surface area contributed by atoms with Crippen molar-refractivity contribution in [2.75, 3.05) is 0 Å². The largest absolute Gasteiger partial charge is 0.508 e. The topological polar surface area (TPSA) is 46.5 Å². The van der Waals surface area contributed by atoms with E-state index in [-0.39, 0.29) is 17.6 Å². The minimum absolute atomic E-state index is 0.00252. The lowest BCUT2D eigenvalue weighted by Crippen LogP contribution is -2.20. The number of aryl methyl sites for hydroxylation is 1. The number of Topliss-reactive ketones (excluding diaryl/α,β-unsaturated/α-hetero) is 1. The monoisotopic (exact) mass is 254 g/mol. The van der Waals surface area contributed by atoms with E-state index >= 15 is 0 Å². The van der Waals surface area contributed by atoms with Crippen LogP contribution in [0, 0.1) is 6.92 Å². The first-order valence-corrected chi connectivity index (χ1v) is 6.23. The summed E-state index contributed by atoms with van der Waals surface area (Å²) in [6, 6.07) is 12.6. The number of ketones is 1. The zero-order valence-corrected chi connectivity index (χ0v) is 10.6. The van der Waals surface area contributed by atoms with Gasteiger partial charge in [0.2, 0.25) is 0 Å². The Morgan fingerprint density at radius 2 is 1.89 bits per heavy atom. The van der Waals surface area contributed by atoms with Gasteiger partial charge in [0.25, 0.3) is 0 Å². The van der Waals surface area contributed by atoms with Crippen LogP contribution >= 0.6 is 0 Å². The van der Waals surface area contributed by atoms with E-state index in [0.29, 0.717) is 17.7 Å². The molecule has 3 heteroatoms. The molecule has 0 unspecified atom stereocenters. The van der Waals surface area contributed by atoms with Crippen LogP contribution in [0.5, 0.6) is 11.5 Å². The molecule has 1 N–H and O–H groups in total. The van der Waals surface area contributed by atoms with E-state index in [0.717, 1.165) is 5.56 Å². The van der Waals surface area contributed by atoms with Gasteiger partial charge in [0.15, 0.2) is 5.78 Å². The summed E-state index contributed by atoms with van der Waals surface area (Å²) >= 11 is 0. The molecule has 0 saturated carbocycles. The summed E-state index contributed by atoms with van der Waals surface area (Å²) in [6.45, 7) is 2.02. The maximum absolute atomic E-state index is 12.1. The molecule has 0 fully saturated rings. The van der Waals surface area contributed by atoms with Crippen molar-refractivity contribution in [3.05, 3.63) is 59.2 Å². The number of aromatic hydroxyl groups is 1. The molecular weight excluding hydrogens is 240 g/mol. The first-order valence-electron chi connectivity index (χ1n) is 6.23. The van der Waals surface area contributed by atoms with E-state index in [1.54, 1.807) is 6.07 Å². The van der Waals surface area contributed by atoms with Crippen LogP contribution in [0.4, 0.5) is 0 Å². The summed E-state index contributed by atoms with van der Waals surface area (Å²) < 4.78 is 5.85. The van der Waals surface area contributed by atoms with Crippen molar-refractivity contribution in [3.8, 4) is 11.5 Å². The van der Waals surface area contributed by atoms with Gasteiger partial charge in [-0.1, -0.05) is 29.8 Å². The van der Waals surface area contributed by atoms with Crippen molar-refractivity contribution < 1.29 is 14.6 Å². The van der Waals surface area contributed by atoms with Crippen molar-refractivity contribution >= 4 is 5.78 Å². The van der Waals surface area contributed by atoms with Gasteiger partial charge >= 0.3 is 0 Å². The second-order valence-electron chi connectivity index (χ2n) is 4.82. The number of rotatable bonds is 1. The molecule has 1 atom stereocenters. The van der Waals surface area contributed by atoms with Gasteiger partial charge in [-0.3, -0.25) is 4.79 Å². The fourth-order valence-corrected chi connectivity index (χ4v) is 2.28. The average Bonchev–Trinajstić information content (AvgIpc) is 2.40. The third-order valence-electron chi connectivity index (χ3n) is 3.35. The molecule has 19 heavy (non-hydrogen) atoms. The maximum atomic E-state index is 12.1. The molecule has 3 nitrogen and oxygen atoms in total. The molecule has 2 aromatic carbocycles. The second-order valence-corrected chi connectivity index (χ2v) is 4.82. The van der Waals surface area contributed by atoms with Crippen molar-refractivity contribution in [2.45, 2.75) is 19.4 Å². The minimum atomic E-state index is -0.245. The van der Waals surface area contributed by atoms with E-state index < -0.39 is 0 Å². The Hall–Kier alpha value is -2.29. The first-order chi connectivity index (χ1) is 9.13. The van der Waals surface area contributed by atoms with Crippen LogP contribution in [0.3, 0.4) is 0 Å². The van der Waals surface area contributed by atoms with Gasteiger partial charge < -0.3 is 9.84 Å². The summed E-state index contributed by atoms with van der Waals surface area (Å²) in [6.07, 6.45) is 0.0598. The van der Waals surface area contributed by atoms with Crippen molar-refractivity contribution in [1.82, 2.24) is 0 Å². The molecule has 1 aliphatic rings. The van der Waals surface area contributed by atoms with Crippen LogP contribution < -0.4 is 4.74 Å². The van der Waals surface area contributed by atoms with E-state index in [1.165, 1.54) is 17.7 Å². The molecule has 0 aromatic heterocycles. The van der Waals surface area contributed by atoms with Gasteiger partial charge in [-0.05, 0) is 30.7 Å². The van der Waals surface area contributed by atoms with E-state index in [9.17, 15) is 9.90 Å². The second kappa shape index (κ2) is 4.43. The molecule has 1 heterocycles. The van der Waals surface area contributed by atoms with Crippen LogP contribution in [0.1, 0.15) is 34.0 Å². The number of carbonyl (C=O) groups excluding carboxylic acids is 1.